The van der Waals surface area contributed by atoms with Crippen molar-refractivity contribution in [2.24, 2.45) is 5.92 Å². The number of fused-ring (bicyclic) bond motifs is 3. The highest BCUT2D eigenvalue weighted by Gasteiger charge is 2.25. The molecular formula is C20H21N3O3S2. The van der Waals surface area contributed by atoms with E-state index in [0.29, 0.717) is 27.7 Å². The number of thioether (sulfide) groups is 1. The van der Waals surface area contributed by atoms with Crippen LogP contribution in [0.3, 0.4) is 0 Å². The number of nitrogens with zero attached hydrogens (tertiary/aromatic N) is 2. The zero-order chi connectivity index (χ0) is 19.8. The summed E-state index contributed by atoms with van der Waals surface area (Å²) in [5.41, 5.74) is 1.40. The van der Waals surface area contributed by atoms with Gasteiger partial charge in [-0.1, -0.05) is 6.92 Å². The zero-order valence-electron chi connectivity index (χ0n) is 15.9. The molecule has 4 rings (SSSR count). The number of hydrogen-bond acceptors (Lipinski definition) is 7. The van der Waals surface area contributed by atoms with E-state index in [1.807, 2.05) is 6.26 Å². The van der Waals surface area contributed by atoms with Gasteiger partial charge in [-0.25, -0.2) is 14.8 Å². The summed E-state index contributed by atoms with van der Waals surface area (Å²) in [7, 11) is 0. The van der Waals surface area contributed by atoms with Gasteiger partial charge in [0.2, 0.25) is 0 Å². The highest BCUT2D eigenvalue weighted by Crippen LogP contribution is 2.36. The second-order valence-corrected chi connectivity index (χ2v) is 8.97. The Balaban J connectivity index is 1.64. The first-order valence-electron chi connectivity index (χ1n) is 9.22. The fourth-order valence-corrected chi connectivity index (χ4v) is 5.47. The molecule has 3 heterocycles. The first-order valence-corrected chi connectivity index (χ1v) is 11.3. The summed E-state index contributed by atoms with van der Waals surface area (Å²) in [6, 6.07) is 3.38. The molecule has 3 aromatic rings. The van der Waals surface area contributed by atoms with Crippen molar-refractivity contribution in [3.63, 3.8) is 0 Å². The summed E-state index contributed by atoms with van der Waals surface area (Å²) in [4.78, 5) is 38.9. The molecule has 0 fully saturated rings. The average Bonchev–Trinajstić information content (AvgIpc) is 3.05. The molecule has 28 heavy (non-hydrogen) atoms. The van der Waals surface area contributed by atoms with Crippen LogP contribution in [0.5, 0.6) is 0 Å². The molecule has 0 saturated heterocycles. The molecule has 0 aliphatic heterocycles. The Morgan fingerprint density at radius 3 is 3.07 bits per heavy atom. The summed E-state index contributed by atoms with van der Waals surface area (Å²) in [6.45, 7) is 3.95. The fraction of sp³-hybridized carbons (Fsp3) is 0.400. The normalized spacial score (nSPS) is 17.3. The molecule has 0 amide bonds. The predicted molar refractivity (Wildman–Crippen MR) is 111 cm³/mol. The fourth-order valence-electron chi connectivity index (χ4n) is 3.55. The minimum absolute atomic E-state index is 0.152. The van der Waals surface area contributed by atoms with E-state index < -0.39 is 12.1 Å². The van der Waals surface area contributed by atoms with Gasteiger partial charge in [0.15, 0.2) is 11.9 Å². The Bertz CT molecular complexity index is 1110. The van der Waals surface area contributed by atoms with Gasteiger partial charge in [0.25, 0.3) is 5.56 Å². The van der Waals surface area contributed by atoms with Crippen LogP contribution in [0.2, 0.25) is 0 Å². The van der Waals surface area contributed by atoms with Gasteiger partial charge < -0.3 is 9.72 Å². The smallest absolute Gasteiger partial charge is 0.341 e. The Morgan fingerprint density at radius 1 is 1.46 bits per heavy atom. The number of pyridine rings is 1. The van der Waals surface area contributed by atoms with Crippen LogP contribution in [0.1, 0.15) is 53.0 Å². The molecule has 1 aliphatic carbocycles. The average molecular weight is 416 g/mol. The lowest BCUT2D eigenvalue weighted by molar-refractivity contribution is 0.0315. The van der Waals surface area contributed by atoms with Crippen LogP contribution < -0.4 is 5.56 Å². The number of hydrogen-bond donors (Lipinski definition) is 1. The van der Waals surface area contributed by atoms with Crippen LogP contribution in [0, 0.1) is 5.92 Å². The molecule has 0 radical (unpaired) electrons. The predicted octanol–water partition coefficient (Wildman–Crippen LogP) is 4.14. The Labute approximate surface area is 170 Å². The summed E-state index contributed by atoms with van der Waals surface area (Å²) in [5, 5.41) is 1.31. The third-order valence-corrected chi connectivity index (χ3v) is 6.90. The quantitative estimate of drug-likeness (QED) is 0.509. The van der Waals surface area contributed by atoms with Gasteiger partial charge in [0, 0.05) is 11.1 Å². The van der Waals surface area contributed by atoms with E-state index in [1.54, 1.807) is 36.6 Å². The first kappa shape index (κ1) is 19.1. The lowest BCUT2D eigenvalue weighted by atomic mass is 9.89. The summed E-state index contributed by atoms with van der Waals surface area (Å²) < 4.78 is 5.57. The summed E-state index contributed by atoms with van der Waals surface area (Å²) >= 11 is 2.97. The van der Waals surface area contributed by atoms with Gasteiger partial charge in [-0.3, -0.25) is 4.79 Å². The molecule has 146 valence electrons. The molecule has 0 saturated carbocycles. The van der Waals surface area contributed by atoms with E-state index in [4.69, 9.17) is 4.74 Å². The lowest BCUT2D eigenvalue weighted by Gasteiger charge is -2.17. The van der Waals surface area contributed by atoms with Crippen LogP contribution in [0.4, 0.5) is 0 Å². The molecule has 0 aromatic carbocycles. The molecule has 6 nitrogen and oxygen atoms in total. The van der Waals surface area contributed by atoms with Crippen molar-refractivity contribution in [1.82, 2.24) is 15.0 Å². The summed E-state index contributed by atoms with van der Waals surface area (Å²) in [6.07, 6.45) is 5.83. The summed E-state index contributed by atoms with van der Waals surface area (Å²) in [5.74, 6) is 0.517. The van der Waals surface area contributed by atoms with Gasteiger partial charge in [0.1, 0.15) is 9.86 Å². The van der Waals surface area contributed by atoms with E-state index in [9.17, 15) is 9.59 Å². The number of aromatic amines is 1. The van der Waals surface area contributed by atoms with Gasteiger partial charge in [0.05, 0.1) is 10.9 Å². The molecule has 1 aliphatic rings. The van der Waals surface area contributed by atoms with E-state index in [1.165, 1.54) is 16.6 Å². The molecule has 0 unspecified atom stereocenters. The van der Waals surface area contributed by atoms with Crippen LogP contribution in [-0.4, -0.2) is 27.2 Å². The van der Waals surface area contributed by atoms with Crippen molar-refractivity contribution < 1.29 is 9.53 Å². The number of nitrogens with one attached hydrogen (secondary N) is 1. The second kappa shape index (κ2) is 7.67. The molecule has 2 atom stereocenters. The first-order chi connectivity index (χ1) is 13.5. The SMILES string of the molecule is CSc1ncccc1C(=O)O[C@H](C)c1nc2sc3c(c2c(=O)[nH]1)CC[C@H](C)C3. The minimum Gasteiger partial charge on any atom is -0.451 e. The van der Waals surface area contributed by atoms with Crippen molar-refractivity contribution in [2.45, 2.75) is 44.2 Å². The van der Waals surface area contributed by atoms with Crippen molar-refractivity contribution in [3.05, 3.63) is 50.5 Å². The molecular weight excluding hydrogens is 394 g/mol. The van der Waals surface area contributed by atoms with Crippen molar-refractivity contribution in [3.8, 4) is 0 Å². The van der Waals surface area contributed by atoms with Gasteiger partial charge in [-0.15, -0.1) is 23.1 Å². The van der Waals surface area contributed by atoms with Crippen molar-refractivity contribution in [2.75, 3.05) is 6.26 Å². The number of carbonyl (C=O) groups excluding carboxylic acids is 1. The third-order valence-electron chi connectivity index (χ3n) is 5.04. The second-order valence-electron chi connectivity index (χ2n) is 7.09. The highest BCUT2D eigenvalue weighted by atomic mass is 32.2. The van der Waals surface area contributed by atoms with E-state index in [0.717, 1.165) is 29.7 Å². The third kappa shape index (κ3) is 3.46. The Morgan fingerprint density at radius 2 is 2.29 bits per heavy atom. The van der Waals surface area contributed by atoms with Crippen molar-refractivity contribution in [1.29, 1.82) is 0 Å². The number of aryl methyl sites for hydroxylation is 1. The van der Waals surface area contributed by atoms with Crippen LogP contribution in [0.15, 0.2) is 28.2 Å². The number of carbonyl (C=O) groups is 1. The van der Waals surface area contributed by atoms with Crippen LogP contribution in [0.25, 0.3) is 10.2 Å². The molecule has 1 N–H and O–H groups in total. The standard InChI is InChI=1S/C20H21N3O3S2/c1-10-6-7-12-14(9-10)28-19-15(12)17(24)22-16(23-19)11(2)26-20(25)13-5-4-8-21-18(13)27-3/h4-5,8,10-11H,6-7,9H2,1-3H3,(H,22,23,24)/t10-,11+/m0/s1. The largest absolute Gasteiger partial charge is 0.451 e. The van der Waals surface area contributed by atoms with Crippen LogP contribution >= 0.6 is 23.1 Å². The van der Waals surface area contributed by atoms with Gasteiger partial charge in [-0.2, -0.15) is 0 Å². The molecule has 8 heteroatoms. The maximum Gasteiger partial charge on any atom is 0.341 e. The lowest BCUT2D eigenvalue weighted by Crippen LogP contribution is -2.18. The van der Waals surface area contributed by atoms with E-state index >= 15 is 0 Å². The maximum atomic E-state index is 12.7. The molecule has 0 bridgehead atoms. The van der Waals surface area contributed by atoms with Gasteiger partial charge >= 0.3 is 5.97 Å². The number of H-pyrrole nitrogens is 1. The zero-order valence-corrected chi connectivity index (χ0v) is 17.6. The molecule has 0 spiro atoms. The maximum absolute atomic E-state index is 12.7. The van der Waals surface area contributed by atoms with Gasteiger partial charge in [-0.05, 0) is 56.1 Å². The van der Waals surface area contributed by atoms with Crippen molar-refractivity contribution >= 4 is 39.3 Å². The number of aromatic nitrogens is 3. The topological polar surface area (TPSA) is 84.9 Å². The van der Waals surface area contributed by atoms with E-state index in [-0.39, 0.29) is 5.56 Å². The Hall–Kier alpha value is -2.19. The number of ether oxygens (including phenoxy) is 1. The monoisotopic (exact) mass is 415 g/mol. The minimum atomic E-state index is -0.669. The van der Waals surface area contributed by atoms with Crippen LogP contribution in [-0.2, 0) is 17.6 Å². The number of esters is 1. The van der Waals surface area contributed by atoms with E-state index in [2.05, 4.69) is 21.9 Å². The number of thiophene rings is 1. The molecule has 3 aromatic heterocycles. The number of rotatable bonds is 4. The highest BCUT2D eigenvalue weighted by molar-refractivity contribution is 7.98. The Kier molecular flexibility index (Phi) is 5.25.